The van der Waals surface area contributed by atoms with E-state index in [1.54, 1.807) is 12.1 Å². The van der Waals surface area contributed by atoms with Crippen molar-refractivity contribution >= 4 is 6.21 Å². The number of hydrogen-bond acceptors (Lipinski definition) is 5. The van der Waals surface area contributed by atoms with Crippen molar-refractivity contribution < 1.29 is 5.11 Å². The summed E-state index contributed by atoms with van der Waals surface area (Å²) in [5.74, 6) is -0.395. The minimum Gasteiger partial charge on any atom is -0.493 e. The van der Waals surface area contributed by atoms with Gasteiger partial charge in [-0.2, -0.15) is 0 Å². The van der Waals surface area contributed by atoms with Gasteiger partial charge in [-0.3, -0.25) is 19.7 Å². The van der Waals surface area contributed by atoms with Crippen LogP contribution in [0, 0.1) is 6.92 Å². The molecule has 0 radical (unpaired) electrons. The molecule has 2 aromatic carbocycles. The standard InChI is InChI=1S/C24H26N4O3/c1-17-7-5-6-10-21(17)28-23(30)20(22(29)26-24(28)31)15-25-19-11-13-27(14-12-19)16-18-8-3-2-4-9-18/h2-10,15,19,30H,11-14,16H2,1H3,(H,26,29,31). The average molecular weight is 418 g/mol. The summed E-state index contributed by atoms with van der Waals surface area (Å²) in [4.78, 5) is 33.9. The van der Waals surface area contributed by atoms with Gasteiger partial charge in [0, 0.05) is 25.8 Å². The van der Waals surface area contributed by atoms with E-state index in [0.29, 0.717) is 5.69 Å². The van der Waals surface area contributed by atoms with Crippen LogP contribution in [0.1, 0.15) is 29.5 Å². The van der Waals surface area contributed by atoms with Crippen molar-refractivity contribution in [3.63, 3.8) is 0 Å². The van der Waals surface area contributed by atoms with E-state index >= 15 is 0 Å². The van der Waals surface area contributed by atoms with E-state index in [4.69, 9.17) is 0 Å². The number of nitrogens with zero attached hydrogens (tertiary/aromatic N) is 3. The summed E-state index contributed by atoms with van der Waals surface area (Å²) < 4.78 is 1.11. The normalized spacial score (nSPS) is 15.5. The van der Waals surface area contributed by atoms with Gasteiger partial charge in [-0.05, 0) is 37.0 Å². The Kier molecular flexibility index (Phi) is 6.13. The molecule has 1 saturated heterocycles. The molecule has 1 aliphatic heterocycles. The molecule has 31 heavy (non-hydrogen) atoms. The molecule has 1 fully saturated rings. The largest absolute Gasteiger partial charge is 0.493 e. The van der Waals surface area contributed by atoms with Gasteiger partial charge in [-0.25, -0.2) is 9.36 Å². The highest BCUT2D eigenvalue weighted by Crippen LogP contribution is 2.20. The zero-order chi connectivity index (χ0) is 21.8. The fourth-order valence-corrected chi connectivity index (χ4v) is 3.94. The molecule has 1 aromatic heterocycles. The van der Waals surface area contributed by atoms with Crippen LogP contribution in [0.2, 0.25) is 0 Å². The second-order valence-electron chi connectivity index (χ2n) is 7.89. The summed E-state index contributed by atoms with van der Waals surface area (Å²) >= 11 is 0. The van der Waals surface area contributed by atoms with E-state index in [-0.39, 0.29) is 11.6 Å². The summed E-state index contributed by atoms with van der Waals surface area (Å²) in [5.41, 5.74) is 1.29. The van der Waals surface area contributed by atoms with Crippen LogP contribution >= 0.6 is 0 Å². The number of likely N-dealkylation sites (tertiary alicyclic amines) is 1. The third-order valence-electron chi connectivity index (χ3n) is 5.70. The van der Waals surface area contributed by atoms with E-state index in [1.807, 2.05) is 37.3 Å². The number of aromatic amines is 1. The van der Waals surface area contributed by atoms with Gasteiger partial charge in [-0.1, -0.05) is 48.5 Å². The zero-order valence-electron chi connectivity index (χ0n) is 17.5. The van der Waals surface area contributed by atoms with E-state index in [1.165, 1.54) is 11.8 Å². The summed E-state index contributed by atoms with van der Waals surface area (Å²) in [6, 6.07) is 17.6. The first kappa shape index (κ1) is 20.8. The number of hydrogen-bond donors (Lipinski definition) is 2. The maximum atomic E-state index is 12.4. The third-order valence-corrected chi connectivity index (χ3v) is 5.70. The Morgan fingerprint density at radius 1 is 1.06 bits per heavy atom. The lowest BCUT2D eigenvalue weighted by molar-refractivity contribution is 0.206. The Balaban J connectivity index is 1.50. The van der Waals surface area contributed by atoms with Crippen LogP contribution in [0.25, 0.3) is 5.69 Å². The van der Waals surface area contributed by atoms with E-state index in [0.717, 1.165) is 42.6 Å². The van der Waals surface area contributed by atoms with Gasteiger partial charge in [-0.15, -0.1) is 0 Å². The molecule has 1 aliphatic rings. The molecule has 0 atom stereocenters. The van der Waals surface area contributed by atoms with Gasteiger partial charge in [0.1, 0.15) is 5.56 Å². The number of rotatable bonds is 5. The lowest BCUT2D eigenvalue weighted by Crippen LogP contribution is -2.35. The monoisotopic (exact) mass is 418 g/mol. The molecule has 0 bridgehead atoms. The van der Waals surface area contributed by atoms with Crippen LogP contribution in [0.4, 0.5) is 0 Å². The van der Waals surface area contributed by atoms with Crippen molar-refractivity contribution in [1.82, 2.24) is 14.5 Å². The highest BCUT2D eigenvalue weighted by molar-refractivity contribution is 5.82. The van der Waals surface area contributed by atoms with Crippen LogP contribution in [-0.4, -0.2) is 44.9 Å². The van der Waals surface area contributed by atoms with Crippen molar-refractivity contribution in [2.24, 2.45) is 4.99 Å². The number of aromatic hydroxyl groups is 1. The van der Waals surface area contributed by atoms with E-state index < -0.39 is 17.1 Å². The van der Waals surface area contributed by atoms with E-state index in [9.17, 15) is 14.7 Å². The average Bonchev–Trinajstić information content (AvgIpc) is 2.76. The number of aromatic nitrogens is 2. The second kappa shape index (κ2) is 9.14. The second-order valence-corrected chi connectivity index (χ2v) is 7.89. The molecular formula is C24H26N4O3. The molecule has 7 heteroatoms. The summed E-state index contributed by atoms with van der Waals surface area (Å²) in [5, 5.41) is 10.7. The van der Waals surface area contributed by atoms with Gasteiger partial charge >= 0.3 is 5.69 Å². The van der Waals surface area contributed by atoms with Gasteiger partial charge in [0.05, 0.1) is 11.7 Å². The maximum Gasteiger partial charge on any atom is 0.335 e. The Labute approximate surface area is 180 Å². The lowest BCUT2D eigenvalue weighted by Gasteiger charge is -2.30. The van der Waals surface area contributed by atoms with Gasteiger partial charge in [0.25, 0.3) is 5.56 Å². The molecule has 7 nitrogen and oxygen atoms in total. The minimum absolute atomic E-state index is 0.00503. The molecule has 0 unspecified atom stereocenters. The molecule has 4 rings (SSSR count). The number of benzene rings is 2. The minimum atomic E-state index is -0.678. The van der Waals surface area contributed by atoms with Gasteiger partial charge in [0.2, 0.25) is 5.88 Å². The zero-order valence-corrected chi connectivity index (χ0v) is 17.5. The SMILES string of the molecule is Cc1ccccc1-n1c(O)c(C=NC2CCN(Cc3ccccc3)CC2)c(=O)[nH]c1=O. The van der Waals surface area contributed by atoms with Crippen molar-refractivity contribution in [3.05, 3.63) is 92.1 Å². The first-order valence-electron chi connectivity index (χ1n) is 10.5. The molecule has 2 N–H and O–H groups in total. The number of aliphatic imine (C=N–C) groups is 1. The van der Waals surface area contributed by atoms with Crippen LogP contribution in [0.15, 0.2) is 69.2 Å². The number of piperidine rings is 1. The van der Waals surface area contributed by atoms with E-state index in [2.05, 4.69) is 27.0 Å². The summed E-state index contributed by atoms with van der Waals surface area (Å²) in [6.45, 7) is 4.59. The smallest absolute Gasteiger partial charge is 0.335 e. The number of aryl methyl sites for hydroxylation is 1. The molecule has 0 saturated carbocycles. The number of para-hydroxylation sites is 1. The van der Waals surface area contributed by atoms with Crippen molar-refractivity contribution in [2.75, 3.05) is 13.1 Å². The Morgan fingerprint density at radius 2 is 1.74 bits per heavy atom. The van der Waals surface area contributed by atoms with Crippen LogP contribution in [-0.2, 0) is 6.54 Å². The Hall–Kier alpha value is -3.45. The molecule has 3 aromatic rings. The maximum absolute atomic E-state index is 12.4. The highest BCUT2D eigenvalue weighted by Gasteiger charge is 2.20. The fourth-order valence-electron chi connectivity index (χ4n) is 3.94. The fraction of sp³-hybridized carbons (Fsp3) is 0.292. The molecule has 0 amide bonds. The predicted octanol–water partition coefficient (Wildman–Crippen LogP) is 2.62. The van der Waals surface area contributed by atoms with Gasteiger partial charge in [0.15, 0.2) is 0 Å². The number of nitrogens with one attached hydrogen (secondary N) is 1. The Morgan fingerprint density at radius 3 is 2.45 bits per heavy atom. The summed E-state index contributed by atoms with van der Waals surface area (Å²) in [6.07, 6.45) is 3.15. The van der Waals surface area contributed by atoms with Crippen molar-refractivity contribution in [1.29, 1.82) is 0 Å². The molecule has 0 aliphatic carbocycles. The summed E-state index contributed by atoms with van der Waals surface area (Å²) in [7, 11) is 0. The first-order valence-corrected chi connectivity index (χ1v) is 10.5. The quantitative estimate of drug-likeness (QED) is 0.623. The Bertz CT molecular complexity index is 1190. The highest BCUT2D eigenvalue weighted by atomic mass is 16.3. The predicted molar refractivity (Wildman–Crippen MR) is 121 cm³/mol. The van der Waals surface area contributed by atoms with Crippen LogP contribution < -0.4 is 11.2 Å². The molecular weight excluding hydrogens is 392 g/mol. The molecule has 2 heterocycles. The number of H-pyrrole nitrogens is 1. The van der Waals surface area contributed by atoms with Gasteiger partial charge < -0.3 is 5.11 Å². The third kappa shape index (κ3) is 4.67. The topological polar surface area (TPSA) is 90.7 Å². The first-order chi connectivity index (χ1) is 15.0. The molecule has 0 spiro atoms. The molecule has 160 valence electrons. The van der Waals surface area contributed by atoms with Crippen molar-refractivity contribution in [2.45, 2.75) is 32.4 Å². The lowest BCUT2D eigenvalue weighted by atomic mass is 10.0. The van der Waals surface area contributed by atoms with Crippen molar-refractivity contribution in [3.8, 4) is 11.6 Å². The van der Waals surface area contributed by atoms with Crippen LogP contribution in [0.5, 0.6) is 5.88 Å². The van der Waals surface area contributed by atoms with Crippen LogP contribution in [0.3, 0.4) is 0 Å².